The average Bonchev–Trinajstić information content (AvgIpc) is 2.85. The van der Waals surface area contributed by atoms with E-state index in [9.17, 15) is 9.59 Å². The molecule has 1 heterocycles. The molecule has 1 aliphatic carbocycles. The number of nitrogens with one attached hydrogen (secondary N) is 1. The van der Waals surface area contributed by atoms with Crippen LogP contribution in [0.2, 0.25) is 0 Å². The van der Waals surface area contributed by atoms with Crippen LogP contribution in [0.5, 0.6) is 0 Å². The van der Waals surface area contributed by atoms with Crippen LogP contribution in [0, 0.1) is 0 Å². The largest absolute Gasteiger partial charge is 0.366 e. The Balaban J connectivity index is 2.47. The lowest BCUT2D eigenvalue weighted by atomic mass is 10.2. The number of rotatable bonds is 2. The number of hydrogen-bond acceptors (Lipinski definition) is 2. The summed E-state index contributed by atoms with van der Waals surface area (Å²) in [6.07, 6.45) is 2.16. The molecule has 4 heteroatoms. The minimum atomic E-state index is -0.548. The molecule has 0 unspecified atom stereocenters. The number of amides is 1. The molecule has 13 heavy (non-hydrogen) atoms. The summed E-state index contributed by atoms with van der Waals surface area (Å²) in [5, 5.41) is 0. The van der Waals surface area contributed by atoms with Gasteiger partial charge in [-0.05, 0) is 24.8 Å². The molecule has 3 N–H and O–H groups in total. The molecule has 2 rings (SSSR count). The SMILES string of the molecule is NC(=O)c1cc(C2CC2)[nH]c(=O)c1. The van der Waals surface area contributed by atoms with Crippen molar-refractivity contribution in [2.24, 2.45) is 5.73 Å². The van der Waals surface area contributed by atoms with E-state index in [1.165, 1.54) is 6.07 Å². The number of carbonyl (C=O) groups excluding carboxylic acids is 1. The summed E-state index contributed by atoms with van der Waals surface area (Å²) in [4.78, 5) is 24.6. The van der Waals surface area contributed by atoms with Crippen molar-refractivity contribution in [3.05, 3.63) is 33.7 Å². The smallest absolute Gasteiger partial charge is 0.248 e. The van der Waals surface area contributed by atoms with Gasteiger partial charge in [-0.1, -0.05) is 0 Å². The van der Waals surface area contributed by atoms with Gasteiger partial charge >= 0.3 is 0 Å². The normalized spacial score (nSPS) is 15.7. The first-order valence-corrected chi connectivity index (χ1v) is 4.21. The predicted molar refractivity (Wildman–Crippen MR) is 47.6 cm³/mol. The second kappa shape index (κ2) is 2.73. The fourth-order valence-corrected chi connectivity index (χ4v) is 1.32. The zero-order chi connectivity index (χ0) is 9.42. The third kappa shape index (κ3) is 1.61. The lowest BCUT2D eigenvalue weighted by Crippen LogP contribution is -2.17. The number of hydrogen-bond donors (Lipinski definition) is 2. The number of H-pyrrole nitrogens is 1. The number of carbonyl (C=O) groups is 1. The minimum absolute atomic E-state index is 0.252. The summed E-state index contributed by atoms with van der Waals surface area (Å²) in [5.41, 5.74) is 5.96. The van der Waals surface area contributed by atoms with E-state index in [1.54, 1.807) is 6.07 Å². The lowest BCUT2D eigenvalue weighted by Gasteiger charge is -1.99. The average molecular weight is 178 g/mol. The number of pyridine rings is 1. The molecule has 0 radical (unpaired) electrons. The maximum atomic E-state index is 11.1. The highest BCUT2D eigenvalue weighted by Crippen LogP contribution is 2.38. The van der Waals surface area contributed by atoms with Crippen molar-refractivity contribution in [1.82, 2.24) is 4.98 Å². The van der Waals surface area contributed by atoms with Gasteiger partial charge in [-0.2, -0.15) is 0 Å². The van der Waals surface area contributed by atoms with Gasteiger partial charge in [0.15, 0.2) is 0 Å². The monoisotopic (exact) mass is 178 g/mol. The van der Waals surface area contributed by atoms with Gasteiger partial charge in [0.05, 0.1) is 0 Å². The van der Waals surface area contributed by atoms with Gasteiger partial charge in [-0.15, -0.1) is 0 Å². The van der Waals surface area contributed by atoms with Gasteiger partial charge in [-0.25, -0.2) is 0 Å². The summed E-state index contributed by atoms with van der Waals surface area (Å²) >= 11 is 0. The zero-order valence-electron chi connectivity index (χ0n) is 7.04. The Labute approximate surface area is 74.8 Å². The van der Waals surface area contributed by atoms with Crippen molar-refractivity contribution in [1.29, 1.82) is 0 Å². The first-order valence-electron chi connectivity index (χ1n) is 4.21. The molecule has 1 amide bonds. The molecule has 0 spiro atoms. The van der Waals surface area contributed by atoms with Gasteiger partial charge < -0.3 is 10.7 Å². The molecule has 0 aromatic carbocycles. The van der Waals surface area contributed by atoms with Crippen LogP contribution in [-0.2, 0) is 0 Å². The Morgan fingerprint density at radius 1 is 1.46 bits per heavy atom. The third-order valence-corrected chi connectivity index (χ3v) is 2.17. The molecule has 1 aromatic rings. The van der Waals surface area contributed by atoms with Crippen molar-refractivity contribution < 1.29 is 4.79 Å². The van der Waals surface area contributed by atoms with Crippen LogP contribution in [0.1, 0.15) is 34.8 Å². The standard InChI is InChI=1S/C9H10N2O2/c10-9(13)6-3-7(5-1-2-5)11-8(12)4-6/h3-5H,1-2H2,(H2,10,13)(H,11,12). The Hall–Kier alpha value is -1.58. The van der Waals surface area contributed by atoms with Crippen LogP contribution in [0.15, 0.2) is 16.9 Å². The molecule has 0 bridgehead atoms. The van der Waals surface area contributed by atoms with Crippen molar-refractivity contribution >= 4 is 5.91 Å². The maximum absolute atomic E-state index is 11.1. The van der Waals surface area contributed by atoms with Crippen molar-refractivity contribution in [3.8, 4) is 0 Å². The lowest BCUT2D eigenvalue weighted by molar-refractivity contribution is 0.1000. The second-order valence-electron chi connectivity index (χ2n) is 3.33. The van der Waals surface area contributed by atoms with E-state index in [0.717, 1.165) is 18.5 Å². The number of primary amides is 1. The Kier molecular flexibility index (Phi) is 1.69. The molecule has 0 saturated heterocycles. The predicted octanol–water partition coefficient (Wildman–Crippen LogP) is 0.351. The third-order valence-electron chi connectivity index (χ3n) is 2.17. The highest BCUT2D eigenvalue weighted by molar-refractivity contribution is 5.92. The molecular formula is C9H10N2O2. The van der Waals surface area contributed by atoms with Crippen LogP contribution in [0.3, 0.4) is 0 Å². The van der Waals surface area contributed by atoms with Crippen LogP contribution < -0.4 is 11.3 Å². The van der Waals surface area contributed by atoms with E-state index < -0.39 is 5.91 Å². The maximum Gasteiger partial charge on any atom is 0.248 e. The van der Waals surface area contributed by atoms with Crippen molar-refractivity contribution in [2.75, 3.05) is 0 Å². The molecular weight excluding hydrogens is 168 g/mol. The summed E-state index contributed by atoms with van der Waals surface area (Å²) < 4.78 is 0. The van der Waals surface area contributed by atoms with Gasteiger partial charge in [0.2, 0.25) is 11.5 Å². The van der Waals surface area contributed by atoms with Gasteiger partial charge in [0, 0.05) is 17.3 Å². The van der Waals surface area contributed by atoms with E-state index >= 15 is 0 Å². The van der Waals surface area contributed by atoms with E-state index in [2.05, 4.69) is 4.98 Å². The topological polar surface area (TPSA) is 76.0 Å². The fourth-order valence-electron chi connectivity index (χ4n) is 1.32. The van der Waals surface area contributed by atoms with E-state index in [-0.39, 0.29) is 5.56 Å². The summed E-state index contributed by atoms with van der Waals surface area (Å²) in [6.45, 7) is 0. The number of nitrogens with two attached hydrogens (primary N) is 1. The number of aromatic nitrogens is 1. The molecule has 1 fully saturated rings. The minimum Gasteiger partial charge on any atom is -0.366 e. The molecule has 1 aromatic heterocycles. The van der Waals surface area contributed by atoms with Crippen LogP contribution >= 0.6 is 0 Å². The Morgan fingerprint density at radius 3 is 2.69 bits per heavy atom. The highest BCUT2D eigenvalue weighted by Gasteiger charge is 2.25. The summed E-state index contributed by atoms with van der Waals surface area (Å²) in [6, 6.07) is 2.90. The van der Waals surface area contributed by atoms with Crippen molar-refractivity contribution in [2.45, 2.75) is 18.8 Å². The van der Waals surface area contributed by atoms with Crippen LogP contribution in [0.4, 0.5) is 0 Å². The summed E-state index contributed by atoms with van der Waals surface area (Å²) in [7, 11) is 0. The second-order valence-corrected chi connectivity index (χ2v) is 3.33. The van der Waals surface area contributed by atoms with E-state index in [4.69, 9.17) is 5.73 Å². The van der Waals surface area contributed by atoms with E-state index in [1.807, 2.05) is 0 Å². The van der Waals surface area contributed by atoms with Gasteiger partial charge in [0.1, 0.15) is 0 Å². The number of aromatic amines is 1. The first-order chi connectivity index (χ1) is 6.16. The first kappa shape index (κ1) is 8.04. The van der Waals surface area contributed by atoms with Gasteiger partial charge in [-0.3, -0.25) is 9.59 Å². The highest BCUT2D eigenvalue weighted by atomic mass is 16.1. The molecule has 0 aliphatic heterocycles. The molecule has 1 aliphatic rings. The van der Waals surface area contributed by atoms with Crippen molar-refractivity contribution in [3.63, 3.8) is 0 Å². The quantitative estimate of drug-likeness (QED) is 0.685. The van der Waals surface area contributed by atoms with E-state index in [0.29, 0.717) is 11.5 Å². The summed E-state index contributed by atoms with van der Waals surface area (Å²) in [5.74, 6) is -0.125. The molecule has 4 nitrogen and oxygen atoms in total. The molecule has 0 atom stereocenters. The zero-order valence-corrected chi connectivity index (χ0v) is 7.04. The van der Waals surface area contributed by atoms with Gasteiger partial charge in [0.25, 0.3) is 0 Å². The Bertz CT molecular complexity index is 404. The Morgan fingerprint density at radius 2 is 2.15 bits per heavy atom. The molecule has 68 valence electrons. The van der Waals surface area contributed by atoms with Crippen LogP contribution in [-0.4, -0.2) is 10.9 Å². The fraction of sp³-hybridized carbons (Fsp3) is 0.333. The molecule has 1 saturated carbocycles. The van der Waals surface area contributed by atoms with Crippen LogP contribution in [0.25, 0.3) is 0 Å².